The second-order valence-electron chi connectivity index (χ2n) is 5.10. The van der Waals surface area contributed by atoms with Crippen molar-refractivity contribution in [1.29, 1.82) is 0 Å². The maximum atomic E-state index is 13.7. The van der Waals surface area contributed by atoms with Crippen LogP contribution in [0.5, 0.6) is 0 Å². The van der Waals surface area contributed by atoms with Gasteiger partial charge in [-0.05, 0) is 61.3 Å². The summed E-state index contributed by atoms with van der Waals surface area (Å²) in [6.45, 7) is 7.27. The Morgan fingerprint density at radius 3 is 2.62 bits per heavy atom. The molecular weight excluding hydrogens is 337 g/mol. The number of aryl methyl sites for hydroxylation is 3. The molecule has 0 saturated heterocycles. The molecule has 2 rings (SSSR count). The molecule has 0 fully saturated rings. The fourth-order valence-electron chi connectivity index (χ4n) is 2.35. The lowest BCUT2D eigenvalue weighted by molar-refractivity contribution is 0.620. The first kappa shape index (κ1) is 15.7. The molecule has 4 nitrogen and oxygen atoms in total. The SMILES string of the molecule is Cc1nc(C)c(C(C)Nc2cc(F)c(Br)cc2C)c(=O)[nH]1. The highest BCUT2D eigenvalue weighted by atomic mass is 79.9. The lowest BCUT2D eigenvalue weighted by atomic mass is 10.1. The molecule has 2 N–H and O–H groups in total. The minimum Gasteiger partial charge on any atom is -0.378 e. The van der Waals surface area contributed by atoms with Gasteiger partial charge in [-0.3, -0.25) is 4.79 Å². The van der Waals surface area contributed by atoms with Crippen LogP contribution in [0.15, 0.2) is 21.4 Å². The van der Waals surface area contributed by atoms with Gasteiger partial charge in [0.1, 0.15) is 11.6 Å². The predicted molar refractivity (Wildman–Crippen MR) is 85.2 cm³/mol. The van der Waals surface area contributed by atoms with E-state index in [1.165, 1.54) is 6.07 Å². The summed E-state index contributed by atoms with van der Waals surface area (Å²) in [5.41, 5.74) is 2.61. The van der Waals surface area contributed by atoms with E-state index in [0.29, 0.717) is 27.2 Å². The Bertz CT molecular complexity index is 742. The van der Waals surface area contributed by atoms with E-state index >= 15 is 0 Å². The Morgan fingerprint density at radius 1 is 1.33 bits per heavy atom. The molecule has 0 amide bonds. The quantitative estimate of drug-likeness (QED) is 0.882. The zero-order valence-corrected chi connectivity index (χ0v) is 13.9. The second-order valence-corrected chi connectivity index (χ2v) is 5.95. The zero-order chi connectivity index (χ0) is 15.7. The van der Waals surface area contributed by atoms with Gasteiger partial charge in [-0.1, -0.05) is 0 Å². The number of hydrogen-bond acceptors (Lipinski definition) is 3. The van der Waals surface area contributed by atoms with Crippen molar-refractivity contribution in [3.05, 3.63) is 55.4 Å². The predicted octanol–water partition coefficient (Wildman–Crippen LogP) is 3.77. The van der Waals surface area contributed by atoms with E-state index in [1.807, 2.05) is 13.8 Å². The van der Waals surface area contributed by atoms with E-state index in [0.717, 1.165) is 5.56 Å². The van der Waals surface area contributed by atoms with E-state index in [1.54, 1.807) is 19.9 Å². The molecule has 1 aromatic heterocycles. The number of halogens is 2. The molecule has 0 aliphatic heterocycles. The van der Waals surface area contributed by atoms with E-state index in [-0.39, 0.29) is 17.4 Å². The topological polar surface area (TPSA) is 57.8 Å². The van der Waals surface area contributed by atoms with Crippen LogP contribution in [-0.2, 0) is 0 Å². The molecule has 0 aliphatic rings. The van der Waals surface area contributed by atoms with Gasteiger partial charge in [-0.2, -0.15) is 0 Å². The molecule has 0 radical (unpaired) electrons. The molecule has 0 aliphatic carbocycles. The van der Waals surface area contributed by atoms with Gasteiger partial charge in [-0.25, -0.2) is 9.37 Å². The number of hydrogen-bond donors (Lipinski definition) is 2. The number of nitrogens with zero attached hydrogens (tertiary/aromatic N) is 1. The van der Waals surface area contributed by atoms with Crippen molar-refractivity contribution in [3.8, 4) is 0 Å². The van der Waals surface area contributed by atoms with E-state index in [4.69, 9.17) is 0 Å². The van der Waals surface area contributed by atoms with Crippen molar-refractivity contribution in [3.63, 3.8) is 0 Å². The lowest BCUT2D eigenvalue weighted by Gasteiger charge is -2.18. The number of anilines is 1. The van der Waals surface area contributed by atoms with E-state index in [9.17, 15) is 9.18 Å². The van der Waals surface area contributed by atoms with Gasteiger partial charge in [0.2, 0.25) is 0 Å². The van der Waals surface area contributed by atoms with Crippen LogP contribution in [0.2, 0.25) is 0 Å². The van der Waals surface area contributed by atoms with Crippen molar-refractivity contribution < 1.29 is 4.39 Å². The number of rotatable bonds is 3. The van der Waals surface area contributed by atoms with Gasteiger partial charge in [0.25, 0.3) is 5.56 Å². The summed E-state index contributed by atoms with van der Waals surface area (Å²) in [5.74, 6) is 0.238. The Balaban J connectivity index is 2.37. The Kier molecular flexibility index (Phi) is 4.46. The minimum atomic E-state index is -0.344. The molecule has 112 valence electrons. The highest BCUT2D eigenvalue weighted by Crippen LogP contribution is 2.27. The monoisotopic (exact) mass is 353 g/mol. The Morgan fingerprint density at radius 2 is 2.00 bits per heavy atom. The van der Waals surface area contributed by atoms with Crippen LogP contribution in [0.4, 0.5) is 10.1 Å². The van der Waals surface area contributed by atoms with E-state index in [2.05, 4.69) is 31.2 Å². The molecule has 1 atom stereocenters. The number of nitrogens with one attached hydrogen (secondary N) is 2. The Hall–Kier alpha value is -1.69. The van der Waals surface area contributed by atoms with Gasteiger partial charge < -0.3 is 10.3 Å². The van der Waals surface area contributed by atoms with Crippen LogP contribution in [0.1, 0.15) is 35.6 Å². The van der Waals surface area contributed by atoms with Gasteiger partial charge >= 0.3 is 0 Å². The number of aromatic amines is 1. The van der Waals surface area contributed by atoms with Gasteiger partial charge in [-0.15, -0.1) is 0 Å². The maximum Gasteiger partial charge on any atom is 0.256 e. The Labute approximate surface area is 130 Å². The zero-order valence-electron chi connectivity index (χ0n) is 12.3. The highest BCUT2D eigenvalue weighted by molar-refractivity contribution is 9.10. The molecule has 0 bridgehead atoms. The molecule has 0 spiro atoms. The van der Waals surface area contributed by atoms with Crippen LogP contribution >= 0.6 is 15.9 Å². The molecule has 1 unspecified atom stereocenters. The molecule has 6 heteroatoms. The standard InChI is InChI=1S/C15H17BrFN3O/c1-7-5-11(16)12(17)6-13(7)19-9(3)14-8(2)18-10(4)20-15(14)21/h5-6,9,19H,1-4H3,(H,18,20,21). The first-order valence-electron chi connectivity index (χ1n) is 6.59. The summed E-state index contributed by atoms with van der Waals surface area (Å²) < 4.78 is 14.1. The molecule has 1 heterocycles. The fraction of sp³-hybridized carbons (Fsp3) is 0.333. The summed E-state index contributed by atoms with van der Waals surface area (Å²) in [5, 5.41) is 3.17. The summed E-state index contributed by atoms with van der Waals surface area (Å²) >= 11 is 3.15. The second kappa shape index (κ2) is 5.97. The van der Waals surface area contributed by atoms with Crippen LogP contribution in [0.25, 0.3) is 0 Å². The molecule has 21 heavy (non-hydrogen) atoms. The number of H-pyrrole nitrogens is 1. The summed E-state index contributed by atoms with van der Waals surface area (Å²) in [4.78, 5) is 19.0. The lowest BCUT2D eigenvalue weighted by Crippen LogP contribution is -2.23. The van der Waals surface area contributed by atoms with E-state index < -0.39 is 0 Å². The normalized spacial score (nSPS) is 12.3. The van der Waals surface area contributed by atoms with Gasteiger partial charge in [0.05, 0.1) is 21.8 Å². The van der Waals surface area contributed by atoms with Crippen LogP contribution in [0, 0.1) is 26.6 Å². The van der Waals surface area contributed by atoms with Crippen LogP contribution in [-0.4, -0.2) is 9.97 Å². The third-order valence-corrected chi connectivity index (χ3v) is 3.94. The third kappa shape index (κ3) is 3.32. The first-order chi connectivity index (χ1) is 9.79. The van der Waals surface area contributed by atoms with Crippen molar-refractivity contribution in [2.24, 2.45) is 0 Å². The minimum absolute atomic E-state index is 0.171. The van der Waals surface area contributed by atoms with Crippen molar-refractivity contribution in [1.82, 2.24) is 9.97 Å². The fourth-order valence-corrected chi connectivity index (χ4v) is 2.81. The maximum absolute atomic E-state index is 13.7. The smallest absolute Gasteiger partial charge is 0.256 e. The average Bonchev–Trinajstić information content (AvgIpc) is 2.34. The summed E-state index contributed by atoms with van der Waals surface area (Å²) in [6, 6.07) is 2.84. The molecule has 2 aromatic rings. The molecule has 1 aromatic carbocycles. The van der Waals surface area contributed by atoms with Crippen molar-refractivity contribution >= 4 is 21.6 Å². The van der Waals surface area contributed by atoms with Gasteiger partial charge in [0.15, 0.2) is 0 Å². The highest BCUT2D eigenvalue weighted by Gasteiger charge is 2.16. The molecular formula is C15H17BrFN3O. The number of benzene rings is 1. The molecule has 0 saturated carbocycles. The van der Waals surface area contributed by atoms with Gasteiger partial charge in [0, 0.05) is 5.69 Å². The van der Waals surface area contributed by atoms with Crippen molar-refractivity contribution in [2.75, 3.05) is 5.32 Å². The van der Waals surface area contributed by atoms with Crippen LogP contribution in [0.3, 0.4) is 0 Å². The van der Waals surface area contributed by atoms with Crippen LogP contribution < -0.4 is 10.9 Å². The summed E-state index contributed by atoms with van der Waals surface area (Å²) in [6.07, 6.45) is 0. The number of aromatic nitrogens is 2. The van der Waals surface area contributed by atoms with Crippen molar-refractivity contribution in [2.45, 2.75) is 33.7 Å². The first-order valence-corrected chi connectivity index (χ1v) is 7.38. The largest absolute Gasteiger partial charge is 0.378 e. The summed E-state index contributed by atoms with van der Waals surface area (Å²) in [7, 11) is 0. The third-order valence-electron chi connectivity index (χ3n) is 3.34. The average molecular weight is 354 g/mol.